The zero-order valence-electron chi connectivity index (χ0n) is 11.7. The molecule has 0 heterocycles. The molecule has 1 aliphatic carbocycles. The zero-order chi connectivity index (χ0) is 13.2. The first kappa shape index (κ1) is 15.2. The van der Waals surface area contributed by atoms with Crippen molar-refractivity contribution in [1.82, 2.24) is 10.7 Å². The van der Waals surface area contributed by atoms with Crippen LogP contribution in [0, 0.1) is 5.92 Å². The first-order chi connectivity index (χ1) is 8.80. The normalized spacial score (nSPS) is 24.9. The van der Waals surface area contributed by atoms with Gasteiger partial charge < -0.3 is 10.1 Å². The van der Waals surface area contributed by atoms with Crippen LogP contribution in [0.1, 0.15) is 45.4 Å². The summed E-state index contributed by atoms with van der Waals surface area (Å²) in [7, 11) is 1.67. The molecule has 0 spiro atoms. The van der Waals surface area contributed by atoms with E-state index in [4.69, 9.17) is 10.6 Å². The number of hydrogen-bond donors (Lipinski definition) is 3. The van der Waals surface area contributed by atoms with Crippen LogP contribution < -0.4 is 16.6 Å². The van der Waals surface area contributed by atoms with Gasteiger partial charge in [-0.2, -0.15) is 0 Å². The van der Waals surface area contributed by atoms with E-state index < -0.39 is 0 Å². The molecule has 4 N–H and O–H groups in total. The van der Waals surface area contributed by atoms with Gasteiger partial charge in [0.05, 0.1) is 13.2 Å². The molecule has 106 valence electrons. The fourth-order valence-electron chi connectivity index (χ4n) is 2.58. The highest BCUT2D eigenvalue weighted by Gasteiger charge is 2.20. The minimum atomic E-state index is 0.510. The molecule has 1 saturated carbocycles. The maximum Gasteiger partial charge on any atom is 0.206 e. The van der Waals surface area contributed by atoms with Crippen LogP contribution in [0.2, 0.25) is 0 Å². The Bertz CT molecular complexity index is 237. The number of methoxy groups -OCH3 is 1. The number of nitrogens with one attached hydrogen (secondary N) is 2. The molecule has 0 aliphatic heterocycles. The van der Waals surface area contributed by atoms with Gasteiger partial charge >= 0.3 is 0 Å². The molecule has 5 nitrogen and oxygen atoms in total. The predicted molar refractivity (Wildman–Crippen MR) is 75.3 cm³/mol. The topological polar surface area (TPSA) is 71.7 Å². The summed E-state index contributed by atoms with van der Waals surface area (Å²) in [6.45, 7) is 3.52. The third kappa shape index (κ3) is 5.69. The van der Waals surface area contributed by atoms with Crippen molar-refractivity contribution in [2.24, 2.45) is 16.8 Å². The number of nitrogens with zero attached hydrogens (tertiary/aromatic N) is 1. The largest absolute Gasteiger partial charge is 0.383 e. The molecule has 0 aromatic rings. The van der Waals surface area contributed by atoms with Crippen LogP contribution in [0.4, 0.5) is 0 Å². The van der Waals surface area contributed by atoms with Crippen LogP contribution in [0.5, 0.6) is 0 Å². The van der Waals surface area contributed by atoms with E-state index >= 15 is 0 Å². The Labute approximate surface area is 111 Å². The highest BCUT2D eigenvalue weighted by molar-refractivity contribution is 5.79. The summed E-state index contributed by atoms with van der Waals surface area (Å²) in [6.07, 6.45) is 7.75. The van der Waals surface area contributed by atoms with Gasteiger partial charge in [0.25, 0.3) is 0 Å². The molecule has 0 radical (unpaired) electrons. The van der Waals surface area contributed by atoms with Gasteiger partial charge in [-0.15, -0.1) is 0 Å². The van der Waals surface area contributed by atoms with Crippen molar-refractivity contribution in [3.05, 3.63) is 0 Å². The molecule has 1 aliphatic rings. The summed E-state index contributed by atoms with van der Waals surface area (Å²) in [5.41, 5.74) is 2.63. The van der Waals surface area contributed by atoms with Crippen LogP contribution in [0.15, 0.2) is 4.99 Å². The van der Waals surface area contributed by atoms with Gasteiger partial charge in [0, 0.05) is 13.2 Å². The molecule has 0 atom stereocenters. The van der Waals surface area contributed by atoms with Crippen LogP contribution in [0.25, 0.3) is 0 Å². The lowest BCUT2D eigenvalue weighted by Gasteiger charge is -2.29. The highest BCUT2D eigenvalue weighted by Crippen LogP contribution is 2.27. The van der Waals surface area contributed by atoms with E-state index in [1.54, 1.807) is 7.11 Å². The number of hydrazine groups is 1. The summed E-state index contributed by atoms with van der Waals surface area (Å²) in [5, 5.41) is 3.39. The summed E-state index contributed by atoms with van der Waals surface area (Å²) in [4.78, 5) is 4.33. The second-order valence-electron chi connectivity index (χ2n) is 5.02. The molecule has 0 aromatic carbocycles. The Kier molecular flexibility index (Phi) is 7.76. The van der Waals surface area contributed by atoms with Crippen molar-refractivity contribution >= 4 is 5.96 Å². The monoisotopic (exact) mass is 256 g/mol. The van der Waals surface area contributed by atoms with Crippen LogP contribution >= 0.6 is 0 Å². The van der Waals surface area contributed by atoms with Gasteiger partial charge in [0.1, 0.15) is 0 Å². The third-order valence-electron chi connectivity index (χ3n) is 3.59. The lowest BCUT2D eigenvalue weighted by atomic mass is 9.83. The van der Waals surface area contributed by atoms with E-state index in [1.807, 2.05) is 0 Å². The molecule has 0 bridgehead atoms. The number of aliphatic imine (C=N–C) groups is 1. The van der Waals surface area contributed by atoms with Gasteiger partial charge in [0.2, 0.25) is 5.96 Å². The van der Waals surface area contributed by atoms with Crippen molar-refractivity contribution in [3.63, 3.8) is 0 Å². The van der Waals surface area contributed by atoms with E-state index in [0.29, 0.717) is 25.2 Å². The molecule has 1 fully saturated rings. The molecule has 1 rings (SSSR count). The standard InChI is InChI=1S/C13H28N4O/c1-3-4-11-5-7-12(8-6-11)16-13(17-14)15-9-10-18-2/h11-12H,3-10,14H2,1-2H3,(H2,15,16,17). The highest BCUT2D eigenvalue weighted by atomic mass is 16.5. The molecular formula is C13H28N4O. The lowest BCUT2D eigenvalue weighted by molar-refractivity contribution is 0.207. The summed E-state index contributed by atoms with van der Waals surface area (Å²) in [6, 6.07) is 0.510. The smallest absolute Gasteiger partial charge is 0.206 e. The summed E-state index contributed by atoms with van der Waals surface area (Å²) >= 11 is 0. The van der Waals surface area contributed by atoms with Crippen molar-refractivity contribution in [2.75, 3.05) is 20.3 Å². The maximum atomic E-state index is 5.46. The number of guanidine groups is 1. The Morgan fingerprint density at radius 2 is 2.06 bits per heavy atom. The average Bonchev–Trinajstić information content (AvgIpc) is 2.40. The third-order valence-corrected chi connectivity index (χ3v) is 3.59. The second-order valence-corrected chi connectivity index (χ2v) is 5.02. The van der Waals surface area contributed by atoms with Gasteiger partial charge in [-0.1, -0.05) is 19.8 Å². The van der Waals surface area contributed by atoms with Crippen molar-refractivity contribution in [1.29, 1.82) is 0 Å². The lowest BCUT2D eigenvalue weighted by Crippen LogP contribution is -2.47. The van der Waals surface area contributed by atoms with Crippen LogP contribution in [0.3, 0.4) is 0 Å². The number of rotatable bonds is 6. The number of hydrogen-bond acceptors (Lipinski definition) is 3. The Morgan fingerprint density at radius 3 is 2.61 bits per heavy atom. The minimum absolute atomic E-state index is 0.510. The molecule has 0 amide bonds. The second kappa shape index (κ2) is 9.16. The maximum absolute atomic E-state index is 5.46. The van der Waals surface area contributed by atoms with E-state index in [1.165, 1.54) is 38.5 Å². The van der Waals surface area contributed by atoms with Gasteiger partial charge in [-0.05, 0) is 31.6 Å². The Hall–Kier alpha value is -0.810. The molecule has 5 heteroatoms. The van der Waals surface area contributed by atoms with Gasteiger partial charge in [-0.3, -0.25) is 5.43 Å². The molecular weight excluding hydrogens is 228 g/mol. The number of ether oxygens (including phenoxy) is 1. The van der Waals surface area contributed by atoms with E-state index in [0.717, 1.165) is 5.92 Å². The van der Waals surface area contributed by atoms with E-state index in [2.05, 4.69) is 22.7 Å². The first-order valence-electron chi connectivity index (χ1n) is 7.06. The average molecular weight is 256 g/mol. The Balaban J connectivity index is 2.27. The van der Waals surface area contributed by atoms with Crippen LogP contribution in [-0.4, -0.2) is 32.3 Å². The van der Waals surface area contributed by atoms with Crippen molar-refractivity contribution in [3.8, 4) is 0 Å². The fraction of sp³-hybridized carbons (Fsp3) is 0.923. The van der Waals surface area contributed by atoms with Crippen molar-refractivity contribution < 1.29 is 4.74 Å². The minimum Gasteiger partial charge on any atom is -0.383 e. The zero-order valence-corrected chi connectivity index (χ0v) is 11.7. The Morgan fingerprint density at radius 1 is 1.33 bits per heavy atom. The SMILES string of the molecule is CCCC1CCC(NC(=NCCOC)NN)CC1. The summed E-state index contributed by atoms with van der Waals surface area (Å²) in [5.74, 6) is 7.07. The van der Waals surface area contributed by atoms with E-state index in [9.17, 15) is 0 Å². The van der Waals surface area contributed by atoms with Crippen molar-refractivity contribution in [2.45, 2.75) is 51.5 Å². The molecule has 0 unspecified atom stereocenters. The summed E-state index contributed by atoms with van der Waals surface area (Å²) < 4.78 is 4.96. The molecule has 0 aromatic heterocycles. The van der Waals surface area contributed by atoms with E-state index in [-0.39, 0.29) is 0 Å². The van der Waals surface area contributed by atoms with Gasteiger partial charge in [-0.25, -0.2) is 10.8 Å². The quantitative estimate of drug-likeness (QED) is 0.221. The number of nitrogens with two attached hydrogens (primary N) is 1. The van der Waals surface area contributed by atoms with Crippen LogP contribution in [-0.2, 0) is 4.74 Å². The molecule has 0 saturated heterocycles. The first-order valence-corrected chi connectivity index (χ1v) is 7.06. The molecule has 18 heavy (non-hydrogen) atoms. The van der Waals surface area contributed by atoms with Gasteiger partial charge in [0.15, 0.2) is 0 Å². The fourth-order valence-corrected chi connectivity index (χ4v) is 2.58. The predicted octanol–water partition coefficient (Wildman–Crippen LogP) is 1.40.